The van der Waals surface area contributed by atoms with E-state index in [1.165, 1.54) is 37.9 Å². The number of ether oxygens (including phenoxy) is 1. The van der Waals surface area contributed by atoms with Crippen molar-refractivity contribution in [1.82, 2.24) is 4.90 Å². The van der Waals surface area contributed by atoms with Crippen LogP contribution in [0.25, 0.3) is 0 Å². The van der Waals surface area contributed by atoms with Gasteiger partial charge in [-0.2, -0.15) is 0 Å². The predicted molar refractivity (Wildman–Crippen MR) is 76.5 cm³/mol. The number of piperidine rings is 1. The van der Waals surface area contributed by atoms with Gasteiger partial charge in [-0.05, 0) is 66.2 Å². The summed E-state index contributed by atoms with van der Waals surface area (Å²) in [5.74, 6) is 0.819. The molecule has 2 rings (SSSR count). The van der Waals surface area contributed by atoms with Crippen LogP contribution in [0.1, 0.15) is 24.8 Å². The Balaban J connectivity index is 2.12. The molecule has 1 aromatic carbocycles. The summed E-state index contributed by atoms with van der Waals surface area (Å²) in [6.45, 7) is 3.31. The topological polar surface area (TPSA) is 32.7 Å². The molecule has 0 unspecified atom stereocenters. The van der Waals surface area contributed by atoms with Crippen LogP contribution in [-0.2, 0) is 6.54 Å². The fraction of sp³-hybridized carbons (Fsp3) is 0.538. The van der Waals surface area contributed by atoms with Gasteiger partial charge < -0.3 is 9.84 Å². The molecule has 1 saturated heterocycles. The van der Waals surface area contributed by atoms with Crippen molar-refractivity contribution in [1.29, 1.82) is 0 Å². The Bertz CT molecular complexity index is 389. The Kier molecular flexibility index (Phi) is 4.50. The van der Waals surface area contributed by atoms with Gasteiger partial charge in [-0.1, -0.05) is 6.42 Å². The van der Waals surface area contributed by atoms with Gasteiger partial charge in [0, 0.05) is 6.54 Å². The molecule has 1 fully saturated rings. The molecule has 0 amide bonds. The number of phenolic OH excluding ortho intramolecular Hbond substituents is 1. The van der Waals surface area contributed by atoms with Crippen LogP contribution < -0.4 is 4.74 Å². The Morgan fingerprint density at radius 1 is 1.29 bits per heavy atom. The highest BCUT2D eigenvalue weighted by Gasteiger charge is 2.13. The summed E-state index contributed by atoms with van der Waals surface area (Å²) in [5.41, 5.74) is 1.21. The van der Waals surface area contributed by atoms with Gasteiger partial charge in [0.05, 0.1) is 10.7 Å². The number of likely N-dealkylation sites (tertiary alicyclic amines) is 1. The molecule has 0 radical (unpaired) electrons. The van der Waals surface area contributed by atoms with Crippen molar-refractivity contribution in [2.45, 2.75) is 25.8 Å². The van der Waals surface area contributed by atoms with Crippen molar-refractivity contribution < 1.29 is 9.84 Å². The normalized spacial score (nSPS) is 17.1. The molecular formula is C13H18INO2. The summed E-state index contributed by atoms with van der Waals surface area (Å²) in [6.07, 6.45) is 3.95. The van der Waals surface area contributed by atoms with Crippen LogP contribution in [0, 0.1) is 3.57 Å². The molecule has 0 bridgehead atoms. The van der Waals surface area contributed by atoms with Gasteiger partial charge in [-0.25, -0.2) is 0 Å². The summed E-state index contributed by atoms with van der Waals surface area (Å²) < 4.78 is 6.04. The van der Waals surface area contributed by atoms with Crippen molar-refractivity contribution in [2.24, 2.45) is 0 Å². The highest BCUT2D eigenvalue weighted by Crippen LogP contribution is 2.32. The van der Waals surface area contributed by atoms with E-state index >= 15 is 0 Å². The maximum Gasteiger partial charge on any atom is 0.171 e. The summed E-state index contributed by atoms with van der Waals surface area (Å²) in [4.78, 5) is 2.46. The molecule has 1 heterocycles. The molecule has 0 atom stereocenters. The van der Waals surface area contributed by atoms with Gasteiger partial charge >= 0.3 is 0 Å². The van der Waals surface area contributed by atoms with Gasteiger partial charge in [-0.15, -0.1) is 0 Å². The Morgan fingerprint density at radius 3 is 2.65 bits per heavy atom. The van der Waals surface area contributed by atoms with E-state index in [1.54, 1.807) is 7.11 Å². The number of benzene rings is 1. The van der Waals surface area contributed by atoms with Crippen LogP contribution >= 0.6 is 22.6 Å². The van der Waals surface area contributed by atoms with Crippen molar-refractivity contribution in [3.63, 3.8) is 0 Å². The summed E-state index contributed by atoms with van der Waals surface area (Å²) in [6, 6.07) is 3.97. The summed E-state index contributed by atoms with van der Waals surface area (Å²) >= 11 is 2.14. The number of rotatable bonds is 3. The molecule has 1 aromatic rings. The van der Waals surface area contributed by atoms with Crippen LogP contribution in [0.5, 0.6) is 11.5 Å². The number of hydrogen-bond acceptors (Lipinski definition) is 3. The lowest BCUT2D eigenvalue weighted by molar-refractivity contribution is 0.220. The molecule has 0 aliphatic carbocycles. The first-order valence-corrected chi connectivity index (χ1v) is 7.06. The van der Waals surface area contributed by atoms with Gasteiger partial charge in [0.1, 0.15) is 0 Å². The molecule has 1 aliphatic rings. The van der Waals surface area contributed by atoms with Gasteiger partial charge in [0.2, 0.25) is 0 Å². The third-order valence-electron chi connectivity index (χ3n) is 3.16. The zero-order chi connectivity index (χ0) is 12.3. The lowest BCUT2D eigenvalue weighted by atomic mass is 10.1. The van der Waals surface area contributed by atoms with E-state index in [1.807, 2.05) is 12.1 Å². The zero-order valence-electron chi connectivity index (χ0n) is 10.1. The van der Waals surface area contributed by atoms with E-state index < -0.39 is 0 Å². The number of methoxy groups -OCH3 is 1. The molecule has 0 saturated carbocycles. The Morgan fingerprint density at radius 2 is 2.00 bits per heavy atom. The number of halogens is 1. The van der Waals surface area contributed by atoms with Gasteiger partial charge in [0.25, 0.3) is 0 Å². The molecule has 0 aromatic heterocycles. The molecule has 94 valence electrons. The fourth-order valence-corrected chi connectivity index (χ4v) is 2.92. The van der Waals surface area contributed by atoms with Gasteiger partial charge in [-0.3, -0.25) is 4.90 Å². The fourth-order valence-electron chi connectivity index (χ4n) is 2.25. The highest BCUT2D eigenvalue weighted by molar-refractivity contribution is 14.1. The first-order chi connectivity index (χ1) is 8.20. The number of hydrogen-bond donors (Lipinski definition) is 1. The first-order valence-electron chi connectivity index (χ1n) is 5.98. The molecule has 1 aliphatic heterocycles. The minimum atomic E-state index is 0.246. The molecular weight excluding hydrogens is 329 g/mol. The Hall–Kier alpha value is -0.490. The number of aromatic hydroxyl groups is 1. The van der Waals surface area contributed by atoms with Crippen molar-refractivity contribution in [2.75, 3.05) is 20.2 Å². The third kappa shape index (κ3) is 3.25. The van der Waals surface area contributed by atoms with E-state index in [0.717, 1.165) is 10.1 Å². The number of nitrogens with zero attached hydrogens (tertiary/aromatic N) is 1. The maximum atomic E-state index is 9.78. The van der Waals surface area contributed by atoms with Crippen LogP contribution in [0.3, 0.4) is 0 Å². The largest absolute Gasteiger partial charge is 0.504 e. The van der Waals surface area contributed by atoms with Crippen LogP contribution in [-0.4, -0.2) is 30.2 Å². The van der Waals surface area contributed by atoms with Crippen molar-refractivity contribution in [3.8, 4) is 11.5 Å². The van der Waals surface area contributed by atoms with Crippen molar-refractivity contribution >= 4 is 22.6 Å². The average Bonchev–Trinajstić information content (AvgIpc) is 2.35. The molecule has 3 nitrogen and oxygen atoms in total. The number of phenols is 1. The second-order valence-corrected chi connectivity index (χ2v) is 5.63. The minimum absolute atomic E-state index is 0.246. The average molecular weight is 347 g/mol. The quantitative estimate of drug-likeness (QED) is 0.854. The van der Waals surface area contributed by atoms with E-state index in [0.29, 0.717) is 5.75 Å². The summed E-state index contributed by atoms with van der Waals surface area (Å²) in [7, 11) is 1.59. The van der Waals surface area contributed by atoms with Crippen LogP contribution in [0.15, 0.2) is 12.1 Å². The SMILES string of the molecule is COc1cc(CN2CCCCC2)cc(I)c1O. The predicted octanol–water partition coefficient (Wildman–Crippen LogP) is 2.99. The van der Waals surface area contributed by atoms with Crippen LogP contribution in [0.2, 0.25) is 0 Å². The van der Waals surface area contributed by atoms with Crippen molar-refractivity contribution in [3.05, 3.63) is 21.3 Å². The van der Waals surface area contributed by atoms with E-state index in [9.17, 15) is 5.11 Å². The minimum Gasteiger partial charge on any atom is -0.504 e. The van der Waals surface area contributed by atoms with Crippen LogP contribution in [0.4, 0.5) is 0 Å². The molecule has 0 spiro atoms. The lowest BCUT2D eigenvalue weighted by Gasteiger charge is -2.26. The second kappa shape index (κ2) is 5.91. The zero-order valence-corrected chi connectivity index (χ0v) is 12.2. The van der Waals surface area contributed by atoms with E-state index in [2.05, 4.69) is 27.5 Å². The first kappa shape index (κ1) is 13.0. The monoisotopic (exact) mass is 347 g/mol. The Labute approximate surface area is 116 Å². The lowest BCUT2D eigenvalue weighted by Crippen LogP contribution is -2.29. The maximum absolute atomic E-state index is 9.78. The smallest absolute Gasteiger partial charge is 0.171 e. The molecule has 17 heavy (non-hydrogen) atoms. The third-order valence-corrected chi connectivity index (χ3v) is 3.99. The highest BCUT2D eigenvalue weighted by atomic mass is 127. The van der Waals surface area contributed by atoms with Gasteiger partial charge in [0.15, 0.2) is 11.5 Å². The second-order valence-electron chi connectivity index (χ2n) is 4.47. The van der Waals surface area contributed by atoms with E-state index in [-0.39, 0.29) is 5.75 Å². The molecule has 1 N–H and O–H groups in total. The van der Waals surface area contributed by atoms with E-state index in [4.69, 9.17) is 4.74 Å². The molecule has 4 heteroatoms. The summed E-state index contributed by atoms with van der Waals surface area (Å²) in [5, 5.41) is 9.78. The standard InChI is InChI=1S/C13H18INO2/c1-17-12-8-10(7-11(14)13(12)16)9-15-5-3-2-4-6-15/h7-8,16H,2-6,9H2,1H3.